The van der Waals surface area contributed by atoms with Gasteiger partial charge in [-0.25, -0.2) is 32.0 Å². The molecule has 0 aromatic carbocycles. The highest BCUT2D eigenvalue weighted by molar-refractivity contribution is 7.90. The van der Waals surface area contributed by atoms with Crippen LogP contribution in [0.2, 0.25) is 0 Å². The van der Waals surface area contributed by atoms with Gasteiger partial charge in [-0.3, -0.25) is 0 Å². The van der Waals surface area contributed by atoms with Crippen molar-refractivity contribution >= 4 is 15.8 Å². The lowest BCUT2D eigenvalue weighted by Gasteiger charge is -2.10. The van der Waals surface area contributed by atoms with Crippen molar-refractivity contribution in [2.45, 2.75) is 18.6 Å². The van der Waals surface area contributed by atoms with Crippen molar-refractivity contribution in [1.82, 2.24) is 9.97 Å². The number of hydrogen-bond donors (Lipinski definition) is 1. The van der Waals surface area contributed by atoms with E-state index in [0.717, 1.165) is 6.26 Å². The third-order valence-corrected chi connectivity index (χ3v) is 3.78. The first-order chi connectivity index (χ1) is 8.14. The molecule has 1 aromatic rings. The largest absolute Gasteiger partial charge is 0.478 e. The predicted molar refractivity (Wildman–Crippen MR) is 57.2 cm³/mol. The number of halogens is 2. The highest BCUT2D eigenvalue weighted by atomic mass is 32.2. The van der Waals surface area contributed by atoms with Crippen LogP contribution in [0, 0.1) is 0 Å². The van der Waals surface area contributed by atoms with Crippen molar-refractivity contribution in [2.24, 2.45) is 0 Å². The second-order valence-electron chi connectivity index (χ2n) is 3.60. The molecule has 0 amide bonds. The predicted octanol–water partition coefficient (Wildman–Crippen LogP) is 1.22. The quantitative estimate of drug-likeness (QED) is 0.890. The summed E-state index contributed by atoms with van der Waals surface area (Å²) in [5.41, 5.74) is -1.72. The molecule has 18 heavy (non-hydrogen) atoms. The summed E-state index contributed by atoms with van der Waals surface area (Å²) in [7, 11) is -3.55. The summed E-state index contributed by atoms with van der Waals surface area (Å²) in [6.45, 7) is 1.24. The molecular weight excluding hydrogens is 270 g/mol. The molecule has 0 fully saturated rings. The topological polar surface area (TPSA) is 97.2 Å². The van der Waals surface area contributed by atoms with Crippen LogP contribution in [0.15, 0.2) is 6.20 Å². The summed E-state index contributed by atoms with van der Waals surface area (Å²) in [6.07, 6.45) is -1.52. The van der Waals surface area contributed by atoms with Gasteiger partial charge in [0.25, 0.3) is 6.43 Å². The smallest absolute Gasteiger partial charge is 0.339 e. The monoisotopic (exact) mass is 280 g/mol. The molecule has 0 radical (unpaired) electrons. The Labute approximate surface area is 102 Å². The first-order valence-electron chi connectivity index (χ1n) is 4.71. The van der Waals surface area contributed by atoms with Crippen LogP contribution >= 0.6 is 0 Å². The third-order valence-electron chi connectivity index (χ3n) is 2.28. The second kappa shape index (κ2) is 4.92. The maximum absolute atomic E-state index is 12.6. The van der Waals surface area contributed by atoms with Gasteiger partial charge in [0, 0.05) is 12.5 Å². The van der Waals surface area contributed by atoms with Gasteiger partial charge >= 0.3 is 5.97 Å². The van der Waals surface area contributed by atoms with Gasteiger partial charge in [-0.1, -0.05) is 0 Å². The second-order valence-corrected chi connectivity index (χ2v) is 5.97. The Morgan fingerprint density at radius 3 is 2.39 bits per heavy atom. The summed E-state index contributed by atoms with van der Waals surface area (Å²) < 4.78 is 47.7. The SMILES string of the molecule is CC(c1ncc(C(=O)O)c(C(F)F)n1)S(C)(=O)=O. The van der Waals surface area contributed by atoms with E-state index in [1.807, 2.05) is 0 Å². The van der Waals surface area contributed by atoms with E-state index in [9.17, 15) is 22.0 Å². The van der Waals surface area contributed by atoms with Gasteiger partial charge < -0.3 is 5.11 Å². The van der Waals surface area contributed by atoms with Crippen LogP contribution in [0.25, 0.3) is 0 Å². The Kier molecular flexibility index (Phi) is 3.95. The first-order valence-corrected chi connectivity index (χ1v) is 6.67. The maximum Gasteiger partial charge on any atom is 0.339 e. The lowest BCUT2D eigenvalue weighted by atomic mass is 10.2. The minimum atomic E-state index is -3.55. The summed E-state index contributed by atoms with van der Waals surface area (Å²) in [5.74, 6) is -1.94. The molecule has 0 aliphatic rings. The van der Waals surface area contributed by atoms with Crippen molar-refractivity contribution in [3.63, 3.8) is 0 Å². The van der Waals surface area contributed by atoms with Crippen molar-refractivity contribution in [3.05, 3.63) is 23.3 Å². The molecule has 9 heteroatoms. The zero-order valence-electron chi connectivity index (χ0n) is 9.46. The van der Waals surface area contributed by atoms with Gasteiger partial charge in [0.1, 0.15) is 22.3 Å². The Hall–Kier alpha value is -1.64. The minimum Gasteiger partial charge on any atom is -0.478 e. The van der Waals surface area contributed by atoms with Crippen LogP contribution in [0.5, 0.6) is 0 Å². The maximum atomic E-state index is 12.6. The fourth-order valence-electron chi connectivity index (χ4n) is 1.13. The average Bonchev–Trinajstić information content (AvgIpc) is 2.25. The van der Waals surface area contributed by atoms with Gasteiger partial charge in [0.15, 0.2) is 9.84 Å². The van der Waals surface area contributed by atoms with Gasteiger partial charge in [0.05, 0.1) is 0 Å². The normalized spacial score (nSPS) is 13.6. The van der Waals surface area contributed by atoms with Crippen molar-refractivity contribution in [3.8, 4) is 0 Å². The summed E-state index contributed by atoms with van der Waals surface area (Å²) in [5, 5.41) is 7.49. The molecule has 0 aliphatic carbocycles. The Morgan fingerprint density at radius 1 is 1.44 bits per heavy atom. The van der Waals surface area contributed by atoms with Gasteiger partial charge in [-0.15, -0.1) is 0 Å². The van der Waals surface area contributed by atoms with Gasteiger partial charge in [-0.05, 0) is 6.92 Å². The highest BCUT2D eigenvalue weighted by Crippen LogP contribution is 2.24. The van der Waals surface area contributed by atoms with E-state index in [1.165, 1.54) is 6.92 Å². The van der Waals surface area contributed by atoms with E-state index in [1.54, 1.807) is 0 Å². The number of carboxylic acids is 1. The van der Waals surface area contributed by atoms with E-state index < -0.39 is 38.7 Å². The number of nitrogens with zero attached hydrogens (tertiary/aromatic N) is 2. The molecule has 0 saturated carbocycles. The molecule has 1 aromatic heterocycles. The average molecular weight is 280 g/mol. The molecular formula is C9H10F2N2O4S. The Morgan fingerprint density at radius 2 is 2.00 bits per heavy atom. The van der Waals surface area contributed by atoms with Crippen molar-refractivity contribution in [2.75, 3.05) is 6.26 Å². The number of rotatable bonds is 4. The number of carboxylic acid groups (broad SMARTS) is 1. The van der Waals surface area contributed by atoms with Crippen molar-refractivity contribution < 1.29 is 27.1 Å². The number of alkyl halides is 2. The summed E-state index contributed by atoms with van der Waals surface area (Å²) in [4.78, 5) is 17.5. The van der Waals surface area contributed by atoms with E-state index in [2.05, 4.69) is 9.97 Å². The summed E-state index contributed by atoms with van der Waals surface area (Å²) in [6, 6.07) is 0. The van der Waals surface area contributed by atoms with E-state index in [4.69, 9.17) is 5.11 Å². The number of carbonyl (C=O) groups is 1. The molecule has 1 rings (SSSR count). The van der Waals surface area contributed by atoms with Crippen LogP contribution in [0.1, 0.15) is 40.5 Å². The zero-order chi connectivity index (χ0) is 14.1. The minimum absolute atomic E-state index is 0.349. The third kappa shape index (κ3) is 2.97. The molecule has 6 nitrogen and oxygen atoms in total. The molecule has 1 heterocycles. The van der Waals surface area contributed by atoms with Crippen LogP contribution in [0.3, 0.4) is 0 Å². The molecule has 1 N–H and O–H groups in total. The van der Waals surface area contributed by atoms with E-state index >= 15 is 0 Å². The fourth-order valence-corrected chi connectivity index (χ4v) is 1.62. The zero-order valence-corrected chi connectivity index (χ0v) is 10.3. The molecule has 1 atom stereocenters. The Bertz CT molecular complexity index is 574. The number of hydrogen-bond acceptors (Lipinski definition) is 5. The lowest BCUT2D eigenvalue weighted by Crippen LogP contribution is -2.15. The standard InChI is InChI=1S/C9H10F2N2O4S/c1-4(18(2,16)17)8-12-3-5(9(14)15)6(13-8)7(10)11/h3-4,7H,1-2H3,(H,14,15). The van der Waals surface area contributed by atoms with Gasteiger partial charge in [0.2, 0.25) is 0 Å². The molecule has 0 aliphatic heterocycles. The Balaban J connectivity index is 3.36. The van der Waals surface area contributed by atoms with Crippen LogP contribution in [0.4, 0.5) is 8.78 Å². The summed E-state index contributed by atoms with van der Waals surface area (Å²) >= 11 is 0. The van der Waals surface area contributed by atoms with Crippen LogP contribution < -0.4 is 0 Å². The van der Waals surface area contributed by atoms with Crippen LogP contribution in [-0.4, -0.2) is 35.7 Å². The highest BCUT2D eigenvalue weighted by Gasteiger charge is 2.26. The molecule has 0 spiro atoms. The molecule has 100 valence electrons. The number of sulfone groups is 1. The van der Waals surface area contributed by atoms with Gasteiger partial charge in [-0.2, -0.15) is 0 Å². The first kappa shape index (κ1) is 14.4. The number of aromatic carboxylic acids is 1. The fraction of sp³-hybridized carbons (Fsp3) is 0.444. The van der Waals surface area contributed by atoms with E-state index in [0.29, 0.717) is 6.20 Å². The lowest BCUT2D eigenvalue weighted by molar-refractivity contribution is 0.0681. The molecule has 0 bridgehead atoms. The van der Waals surface area contributed by atoms with Crippen LogP contribution in [-0.2, 0) is 9.84 Å². The van der Waals surface area contributed by atoms with Crippen molar-refractivity contribution in [1.29, 1.82) is 0 Å². The number of aromatic nitrogens is 2. The molecule has 1 unspecified atom stereocenters. The van der Waals surface area contributed by atoms with E-state index in [-0.39, 0.29) is 5.82 Å². The molecule has 0 saturated heterocycles.